The highest BCUT2D eigenvalue weighted by atomic mass is 79.9. The van der Waals surface area contributed by atoms with Crippen LogP contribution < -0.4 is 4.90 Å². The van der Waals surface area contributed by atoms with Crippen molar-refractivity contribution in [1.29, 1.82) is 0 Å². The highest BCUT2D eigenvalue weighted by Gasteiger charge is 2.45. The first-order valence-corrected chi connectivity index (χ1v) is 7.76. The number of hydrogen-bond acceptors (Lipinski definition) is 4. The number of benzene rings is 1. The molecule has 1 aliphatic rings. The van der Waals surface area contributed by atoms with Crippen molar-refractivity contribution >= 4 is 33.5 Å². The van der Waals surface area contributed by atoms with Gasteiger partial charge in [0.05, 0.1) is 0 Å². The second kappa shape index (κ2) is 6.66. The first kappa shape index (κ1) is 16.8. The summed E-state index contributed by atoms with van der Waals surface area (Å²) in [6.07, 6.45) is 0. The van der Waals surface area contributed by atoms with Gasteiger partial charge >= 0.3 is 5.97 Å². The third-order valence-electron chi connectivity index (χ3n) is 3.98. The van der Waals surface area contributed by atoms with Crippen molar-refractivity contribution in [2.75, 3.05) is 38.2 Å². The second-order valence-corrected chi connectivity index (χ2v) is 6.21. The Balaban J connectivity index is 2.01. The van der Waals surface area contributed by atoms with Gasteiger partial charge in [-0.3, -0.25) is 4.79 Å². The summed E-state index contributed by atoms with van der Waals surface area (Å²) in [7, 11) is 1.24. The molecule has 0 radical (unpaired) electrons. The van der Waals surface area contributed by atoms with Gasteiger partial charge in [0.2, 0.25) is 5.60 Å². The minimum absolute atomic E-state index is 0.473. The molecular weight excluding hydrogens is 352 g/mol. The number of hydrogen-bond donors (Lipinski definition) is 1. The van der Waals surface area contributed by atoms with Crippen LogP contribution in [0.2, 0.25) is 0 Å². The summed E-state index contributed by atoms with van der Waals surface area (Å²) in [4.78, 5) is 27.4. The van der Waals surface area contributed by atoms with Crippen LogP contribution in [0.15, 0.2) is 28.7 Å². The molecular formula is C15H19BrN2O4. The molecule has 0 bridgehead atoms. The van der Waals surface area contributed by atoms with E-state index in [9.17, 15) is 14.7 Å². The van der Waals surface area contributed by atoms with Crippen molar-refractivity contribution in [2.24, 2.45) is 0 Å². The quantitative estimate of drug-likeness (QED) is 0.814. The minimum Gasteiger partial charge on any atom is -0.479 e. The van der Waals surface area contributed by atoms with Gasteiger partial charge < -0.3 is 19.6 Å². The Morgan fingerprint density at radius 2 is 1.73 bits per heavy atom. The summed E-state index contributed by atoms with van der Waals surface area (Å²) in [5.74, 6) is -1.77. The fraction of sp³-hybridized carbons (Fsp3) is 0.467. The molecule has 2 rings (SSSR count). The Bertz CT molecular complexity index is 555. The van der Waals surface area contributed by atoms with Crippen molar-refractivity contribution in [3.63, 3.8) is 0 Å². The lowest BCUT2D eigenvalue weighted by Crippen LogP contribution is -2.58. The van der Waals surface area contributed by atoms with E-state index in [1.54, 1.807) is 4.90 Å². The SMILES string of the molecule is COC(C)(C(=O)O)C(=O)N1CCN(c2ccc(Br)cc2)CC1. The molecule has 1 fully saturated rings. The fourth-order valence-corrected chi connectivity index (χ4v) is 2.65. The predicted octanol–water partition coefficient (Wildman–Crippen LogP) is 1.59. The minimum atomic E-state index is -1.82. The number of halogens is 1. The molecule has 0 aliphatic carbocycles. The van der Waals surface area contributed by atoms with Crippen LogP contribution in [0.5, 0.6) is 0 Å². The van der Waals surface area contributed by atoms with E-state index in [1.165, 1.54) is 14.0 Å². The number of amides is 1. The molecule has 1 N–H and O–H groups in total. The van der Waals surface area contributed by atoms with Gasteiger partial charge in [0, 0.05) is 43.4 Å². The number of piperazine rings is 1. The number of carbonyl (C=O) groups excluding carboxylic acids is 1. The van der Waals surface area contributed by atoms with Crippen molar-refractivity contribution in [3.05, 3.63) is 28.7 Å². The first-order chi connectivity index (χ1) is 10.4. The molecule has 1 saturated heterocycles. The van der Waals surface area contributed by atoms with Gasteiger partial charge in [0.1, 0.15) is 0 Å². The molecule has 22 heavy (non-hydrogen) atoms. The van der Waals surface area contributed by atoms with E-state index >= 15 is 0 Å². The van der Waals surface area contributed by atoms with Crippen molar-refractivity contribution in [3.8, 4) is 0 Å². The Morgan fingerprint density at radius 1 is 1.18 bits per heavy atom. The number of nitrogens with zero attached hydrogens (tertiary/aromatic N) is 2. The number of carboxylic acid groups (broad SMARTS) is 1. The maximum atomic E-state index is 12.4. The Morgan fingerprint density at radius 3 is 2.18 bits per heavy atom. The summed E-state index contributed by atoms with van der Waals surface area (Å²) >= 11 is 3.40. The third-order valence-corrected chi connectivity index (χ3v) is 4.51. The standard InChI is InChI=1S/C15H19BrN2O4/c1-15(22-2,14(20)21)13(19)18-9-7-17(8-10-18)12-5-3-11(16)4-6-12/h3-6H,7-10H2,1-2H3,(H,20,21). The molecule has 1 amide bonds. The molecule has 0 saturated carbocycles. The number of carbonyl (C=O) groups is 2. The van der Waals surface area contributed by atoms with E-state index in [0.29, 0.717) is 26.2 Å². The Hall–Kier alpha value is -1.60. The number of carboxylic acids is 1. The average molecular weight is 371 g/mol. The molecule has 1 aliphatic heterocycles. The van der Waals surface area contributed by atoms with Crippen molar-refractivity contribution in [2.45, 2.75) is 12.5 Å². The van der Waals surface area contributed by atoms with Crippen LogP contribution in [0.3, 0.4) is 0 Å². The van der Waals surface area contributed by atoms with Gasteiger partial charge in [-0.2, -0.15) is 0 Å². The van der Waals surface area contributed by atoms with E-state index in [2.05, 4.69) is 20.8 Å². The van der Waals surface area contributed by atoms with E-state index < -0.39 is 17.5 Å². The summed E-state index contributed by atoms with van der Waals surface area (Å²) in [6, 6.07) is 7.97. The van der Waals surface area contributed by atoms with E-state index in [4.69, 9.17) is 4.74 Å². The maximum absolute atomic E-state index is 12.4. The van der Waals surface area contributed by atoms with Crippen molar-refractivity contribution in [1.82, 2.24) is 4.90 Å². The fourth-order valence-electron chi connectivity index (χ4n) is 2.39. The van der Waals surface area contributed by atoms with Crippen molar-refractivity contribution < 1.29 is 19.4 Å². The van der Waals surface area contributed by atoms with Crippen LogP contribution in [0, 0.1) is 0 Å². The molecule has 1 aromatic carbocycles. The van der Waals surface area contributed by atoms with Gasteiger partial charge in [-0.05, 0) is 31.2 Å². The maximum Gasteiger partial charge on any atom is 0.345 e. The highest BCUT2D eigenvalue weighted by molar-refractivity contribution is 9.10. The lowest BCUT2D eigenvalue weighted by atomic mass is 10.0. The van der Waals surface area contributed by atoms with Crippen LogP contribution in [0.25, 0.3) is 0 Å². The molecule has 1 heterocycles. The normalized spacial score (nSPS) is 18.0. The molecule has 0 aromatic heterocycles. The number of aliphatic carboxylic acids is 1. The number of rotatable bonds is 4. The summed E-state index contributed by atoms with van der Waals surface area (Å²) in [5, 5.41) is 9.20. The van der Waals surface area contributed by atoms with Gasteiger partial charge in [-0.1, -0.05) is 15.9 Å². The molecule has 1 unspecified atom stereocenters. The van der Waals surface area contributed by atoms with Crippen LogP contribution in [-0.4, -0.2) is 60.8 Å². The van der Waals surface area contributed by atoms with Crippen LogP contribution >= 0.6 is 15.9 Å². The van der Waals surface area contributed by atoms with Crippen LogP contribution in [0.1, 0.15) is 6.92 Å². The van der Waals surface area contributed by atoms with E-state index in [1.807, 2.05) is 24.3 Å². The lowest BCUT2D eigenvalue weighted by Gasteiger charge is -2.38. The third kappa shape index (κ3) is 3.25. The number of anilines is 1. The summed E-state index contributed by atoms with van der Waals surface area (Å²) in [6.45, 7) is 3.56. The molecule has 1 aromatic rings. The molecule has 0 spiro atoms. The van der Waals surface area contributed by atoms with E-state index in [-0.39, 0.29) is 0 Å². The molecule has 1 atom stereocenters. The molecule has 7 heteroatoms. The number of methoxy groups -OCH3 is 1. The second-order valence-electron chi connectivity index (χ2n) is 5.30. The zero-order chi connectivity index (χ0) is 16.3. The van der Waals surface area contributed by atoms with Gasteiger partial charge in [-0.15, -0.1) is 0 Å². The highest BCUT2D eigenvalue weighted by Crippen LogP contribution is 2.21. The largest absolute Gasteiger partial charge is 0.479 e. The smallest absolute Gasteiger partial charge is 0.345 e. The van der Waals surface area contributed by atoms with Crippen LogP contribution in [0.4, 0.5) is 5.69 Å². The predicted molar refractivity (Wildman–Crippen MR) is 86.0 cm³/mol. The van der Waals surface area contributed by atoms with Gasteiger partial charge in [-0.25, -0.2) is 4.79 Å². The zero-order valence-corrected chi connectivity index (χ0v) is 14.2. The van der Waals surface area contributed by atoms with Crippen LogP contribution in [-0.2, 0) is 14.3 Å². The topological polar surface area (TPSA) is 70.1 Å². The lowest BCUT2D eigenvalue weighted by molar-refractivity contribution is -0.173. The zero-order valence-electron chi connectivity index (χ0n) is 12.6. The molecule has 6 nitrogen and oxygen atoms in total. The molecule has 120 valence electrons. The Labute approximate surface area is 137 Å². The monoisotopic (exact) mass is 370 g/mol. The first-order valence-electron chi connectivity index (χ1n) is 6.97. The van der Waals surface area contributed by atoms with E-state index in [0.717, 1.165) is 10.2 Å². The summed E-state index contributed by atoms with van der Waals surface area (Å²) in [5.41, 5.74) is -0.734. The number of ether oxygens (including phenoxy) is 1. The average Bonchev–Trinajstić information content (AvgIpc) is 2.54. The van der Waals surface area contributed by atoms with Gasteiger partial charge in [0.15, 0.2) is 0 Å². The Kier molecular flexibility index (Phi) is 5.08. The van der Waals surface area contributed by atoms with Gasteiger partial charge in [0.25, 0.3) is 5.91 Å². The summed E-state index contributed by atoms with van der Waals surface area (Å²) < 4.78 is 5.95.